The largest absolute Gasteiger partial charge is 0.480 e. The number of carboxylic acid groups (broad SMARTS) is 1. The van der Waals surface area contributed by atoms with Gasteiger partial charge in [0.25, 0.3) is 11.8 Å². The SMILES string of the molecule is Cc1ccccc1C(=O)N1CCC2(CC1)OC[C@H](C(=O)O)N2C(=O)c1ccccc1. The van der Waals surface area contributed by atoms with Gasteiger partial charge in [-0.3, -0.25) is 14.5 Å². The first-order valence-electron chi connectivity index (χ1n) is 10.0. The Kier molecular flexibility index (Phi) is 5.30. The van der Waals surface area contributed by atoms with E-state index in [1.165, 1.54) is 4.90 Å². The summed E-state index contributed by atoms with van der Waals surface area (Å²) in [6.07, 6.45) is 0.736. The number of benzene rings is 2. The minimum Gasteiger partial charge on any atom is -0.480 e. The van der Waals surface area contributed by atoms with Gasteiger partial charge in [0.15, 0.2) is 6.04 Å². The highest BCUT2D eigenvalue weighted by molar-refractivity contribution is 5.98. The van der Waals surface area contributed by atoms with Crippen LogP contribution < -0.4 is 0 Å². The number of hydrogen-bond donors (Lipinski definition) is 1. The number of carbonyl (C=O) groups is 3. The van der Waals surface area contributed by atoms with E-state index in [1.54, 1.807) is 41.3 Å². The average molecular weight is 408 g/mol. The van der Waals surface area contributed by atoms with Crippen LogP contribution in [0.4, 0.5) is 0 Å². The molecule has 1 spiro atoms. The van der Waals surface area contributed by atoms with Crippen molar-refractivity contribution in [1.29, 1.82) is 0 Å². The van der Waals surface area contributed by atoms with Crippen LogP contribution in [0, 0.1) is 6.92 Å². The normalized spacial score (nSPS) is 20.4. The van der Waals surface area contributed by atoms with Crippen LogP contribution in [0.5, 0.6) is 0 Å². The van der Waals surface area contributed by atoms with Crippen molar-refractivity contribution in [2.75, 3.05) is 19.7 Å². The number of piperidine rings is 1. The third-order valence-electron chi connectivity index (χ3n) is 5.99. The number of rotatable bonds is 3. The molecular weight excluding hydrogens is 384 g/mol. The van der Waals surface area contributed by atoms with Crippen LogP contribution in [0.25, 0.3) is 0 Å². The van der Waals surface area contributed by atoms with Crippen molar-refractivity contribution in [3.8, 4) is 0 Å². The zero-order valence-corrected chi connectivity index (χ0v) is 16.8. The molecule has 30 heavy (non-hydrogen) atoms. The van der Waals surface area contributed by atoms with E-state index < -0.39 is 17.7 Å². The predicted octanol–water partition coefficient (Wildman–Crippen LogP) is 2.55. The number of aryl methyl sites for hydroxylation is 1. The van der Waals surface area contributed by atoms with Gasteiger partial charge in [-0.1, -0.05) is 36.4 Å². The van der Waals surface area contributed by atoms with E-state index in [0.717, 1.165) is 5.56 Å². The number of carboxylic acids is 1. The summed E-state index contributed by atoms with van der Waals surface area (Å²) in [5.74, 6) is -1.51. The van der Waals surface area contributed by atoms with Crippen molar-refractivity contribution in [3.63, 3.8) is 0 Å². The Labute approximate surface area is 174 Å². The van der Waals surface area contributed by atoms with E-state index in [9.17, 15) is 19.5 Å². The number of likely N-dealkylation sites (tertiary alicyclic amines) is 1. The van der Waals surface area contributed by atoms with Gasteiger partial charge in [-0.05, 0) is 30.7 Å². The van der Waals surface area contributed by atoms with E-state index in [-0.39, 0.29) is 18.4 Å². The molecule has 0 radical (unpaired) electrons. The van der Waals surface area contributed by atoms with E-state index in [2.05, 4.69) is 0 Å². The van der Waals surface area contributed by atoms with E-state index in [0.29, 0.717) is 37.1 Å². The molecule has 156 valence electrons. The summed E-state index contributed by atoms with van der Waals surface area (Å²) in [6.45, 7) is 2.62. The Morgan fingerprint density at radius 3 is 2.23 bits per heavy atom. The highest BCUT2D eigenvalue weighted by Crippen LogP contribution is 2.38. The van der Waals surface area contributed by atoms with Crippen molar-refractivity contribution in [3.05, 3.63) is 71.3 Å². The molecule has 2 aliphatic rings. The van der Waals surface area contributed by atoms with Crippen LogP contribution in [0.1, 0.15) is 39.1 Å². The van der Waals surface area contributed by atoms with E-state index in [4.69, 9.17) is 4.74 Å². The molecule has 7 heteroatoms. The minimum absolute atomic E-state index is 0.0559. The monoisotopic (exact) mass is 408 g/mol. The summed E-state index contributed by atoms with van der Waals surface area (Å²) in [7, 11) is 0. The fourth-order valence-electron chi connectivity index (χ4n) is 4.32. The molecule has 2 aromatic carbocycles. The average Bonchev–Trinajstić information content (AvgIpc) is 3.13. The molecular formula is C23H24N2O5. The first-order chi connectivity index (χ1) is 14.4. The van der Waals surface area contributed by atoms with Gasteiger partial charge in [0.05, 0.1) is 6.61 Å². The van der Waals surface area contributed by atoms with Crippen molar-refractivity contribution in [1.82, 2.24) is 9.80 Å². The van der Waals surface area contributed by atoms with Crippen LogP contribution in [-0.4, -0.2) is 64.2 Å². The number of carbonyl (C=O) groups excluding carboxylic acids is 2. The van der Waals surface area contributed by atoms with Crippen molar-refractivity contribution >= 4 is 17.8 Å². The topological polar surface area (TPSA) is 87.2 Å². The molecule has 0 aliphatic carbocycles. The molecule has 1 N–H and O–H groups in total. The van der Waals surface area contributed by atoms with Crippen LogP contribution in [0.2, 0.25) is 0 Å². The fourth-order valence-corrected chi connectivity index (χ4v) is 4.32. The quantitative estimate of drug-likeness (QED) is 0.843. The van der Waals surface area contributed by atoms with Crippen LogP contribution >= 0.6 is 0 Å². The summed E-state index contributed by atoms with van der Waals surface area (Å²) in [4.78, 5) is 41.1. The van der Waals surface area contributed by atoms with Gasteiger partial charge < -0.3 is 14.7 Å². The first-order valence-corrected chi connectivity index (χ1v) is 10.0. The zero-order valence-electron chi connectivity index (χ0n) is 16.8. The Balaban J connectivity index is 1.56. The lowest BCUT2D eigenvalue weighted by atomic mass is 9.95. The second-order valence-electron chi connectivity index (χ2n) is 7.76. The molecule has 2 aromatic rings. The molecule has 0 aromatic heterocycles. The van der Waals surface area contributed by atoms with Gasteiger partial charge in [0.2, 0.25) is 0 Å². The maximum Gasteiger partial charge on any atom is 0.328 e. The van der Waals surface area contributed by atoms with Gasteiger partial charge in [0, 0.05) is 37.1 Å². The standard InChI is InChI=1S/C23H24N2O5/c1-16-7-5-6-10-18(16)21(27)24-13-11-23(12-14-24)25(19(15-30-23)22(28)29)20(26)17-8-3-2-4-9-17/h2-10,19H,11-15H2,1H3,(H,28,29)/t19-/m1/s1. The lowest BCUT2D eigenvalue weighted by Crippen LogP contribution is -2.58. The molecule has 4 rings (SSSR count). The van der Waals surface area contributed by atoms with Gasteiger partial charge >= 0.3 is 5.97 Å². The highest BCUT2D eigenvalue weighted by atomic mass is 16.5. The molecule has 0 unspecified atom stereocenters. The van der Waals surface area contributed by atoms with Gasteiger partial charge in [-0.2, -0.15) is 0 Å². The van der Waals surface area contributed by atoms with Crippen LogP contribution in [0.15, 0.2) is 54.6 Å². The number of aliphatic carboxylic acids is 1. The fraction of sp³-hybridized carbons (Fsp3) is 0.348. The second kappa shape index (κ2) is 7.91. The summed E-state index contributed by atoms with van der Waals surface area (Å²) in [5.41, 5.74) is 0.971. The van der Waals surface area contributed by atoms with Crippen LogP contribution in [-0.2, 0) is 9.53 Å². The molecule has 2 amide bonds. The van der Waals surface area contributed by atoms with Gasteiger partial charge in [-0.25, -0.2) is 4.79 Å². The van der Waals surface area contributed by atoms with Crippen LogP contribution in [0.3, 0.4) is 0 Å². The second-order valence-corrected chi connectivity index (χ2v) is 7.76. The molecule has 1 atom stereocenters. The summed E-state index contributed by atoms with van der Waals surface area (Å²) >= 11 is 0. The Bertz CT molecular complexity index is 967. The molecule has 0 saturated carbocycles. The molecule has 2 heterocycles. The molecule has 2 aliphatic heterocycles. The van der Waals surface area contributed by atoms with Gasteiger partial charge in [-0.15, -0.1) is 0 Å². The minimum atomic E-state index is -1.09. The Hall–Kier alpha value is -3.19. The van der Waals surface area contributed by atoms with Crippen molar-refractivity contribution < 1.29 is 24.2 Å². The third-order valence-corrected chi connectivity index (χ3v) is 5.99. The van der Waals surface area contributed by atoms with Gasteiger partial charge in [0.1, 0.15) is 5.72 Å². The Morgan fingerprint density at radius 2 is 1.60 bits per heavy atom. The Morgan fingerprint density at radius 1 is 0.967 bits per heavy atom. The summed E-state index contributed by atoms with van der Waals surface area (Å²) < 4.78 is 5.95. The van der Waals surface area contributed by atoms with Crippen molar-refractivity contribution in [2.24, 2.45) is 0 Å². The summed E-state index contributed by atoms with van der Waals surface area (Å²) in [6, 6.07) is 15.0. The number of amides is 2. The number of ether oxygens (including phenoxy) is 1. The van der Waals surface area contributed by atoms with Crippen molar-refractivity contribution in [2.45, 2.75) is 31.5 Å². The summed E-state index contributed by atoms with van der Waals surface area (Å²) in [5, 5.41) is 9.67. The third kappa shape index (κ3) is 3.45. The molecule has 0 bridgehead atoms. The highest BCUT2D eigenvalue weighted by Gasteiger charge is 2.54. The molecule has 2 fully saturated rings. The maximum atomic E-state index is 13.2. The molecule has 7 nitrogen and oxygen atoms in total. The lowest BCUT2D eigenvalue weighted by Gasteiger charge is -2.44. The molecule has 2 saturated heterocycles. The number of hydrogen-bond acceptors (Lipinski definition) is 4. The lowest BCUT2D eigenvalue weighted by molar-refractivity contribution is -0.143. The zero-order chi connectivity index (χ0) is 21.3. The van der Waals surface area contributed by atoms with E-state index in [1.807, 2.05) is 25.1 Å². The predicted molar refractivity (Wildman–Crippen MR) is 109 cm³/mol. The smallest absolute Gasteiger partial charge is 0.328 e. The number of nitrogens with zero attached hydrogens (tertiary/aromatic N) is 2. The maximum absolute atomic E-state index is 13.2. The first kappa shape index (κ1) is 20.1. The van der Waals surface area contributed by atoms with E-state index >= 15 is 0 Å².